The highest BCUT2D eigenvalue weighted by molar-refractivity contribution is 6.30. The van der Waals surface area contributed by atoms with Gasteiger partial charge in [-0.1, -0.05) is 11.6 Å². The quantitative estimate of drug-likeness (QED) is 0.909. The number of likely N-dealkylation sites (tertiary alicyclic amines) is 1. The Morgan fingerprint density at radius 2 is 2.21 bits per heavy atom. The average molecular weight is 352 g/mol. The number of carbonyl (C=O) groups excluding carboxylic acids is 1. The van der Waals surface area contributed by atoms with Crippen molar-refractivity contribution >= 4 is 17.5 Å². The summed E-state index contributed by atoms with van der Waals surface area (Å²) in [7, 11) is 1.57. The molecule has 2 heterocycles. The Kier molecular flexibility index (Phi) is 4.89. The first-order valence-electron chi connectivity index (χ1n) is 7.72. The van der Waals surface area contributed by atoms with Gasteiger partial charge >= 0.3 is 5.76 Å². The maximum absolute atomic E-state index is 12.5. The van der Waals surface area contributed by atoms with E-state index in [1.165, 1.54) is 0 Å². The van der Waals surface area contributed by atoms with Gasteiger partial charge in [0.1, 0.15) is 5.75 Å². The zero-order chi connectivity index (χ0) is 17.1. The van der Waals surface area contributed by atoms with Gasteiger partial charge in [-0.15, -0.1) is 5.10 Å². The highest BCUT2D eigenvalue weighted by Crippen LogP contribution is 2.27. The standard InChI is InChI=1S/C16H18ClN3O4/c1-23-13-3-2-12(17)8-11(13)9-14(21)20-6-4-10(5-7-20)15-18-19-16(22)24-15/h2-3,8,10H,4-7,9H2,1H3,(H,19,22). The smallest absolute Gasteiger partial charge is 0.434 e. The normalized spacial score (nSPS) is 15.5. The summed E-state index contributed by atoms with van der Waals surface area (Å²) in [5, 5.41) is 6.72. The predicted octanol–water partition coefficient (Wildman–Crippen LogP) is 1.97. The van der Waals surface area contributed by atoms with Gasteiger partial charge in [-0.3, -0.25) is 4.79 Å². The van der Waals surface area contributed by atoms with E-state index in [-0.39, 0.29) is 18.2 Å². The highest BCUT2D eigenvalue weighted by Gasteiger charge is 2.27. The van der Waals surface area contributed by atoms with Crippen molar-refractivity contribution in [3.63, 3.8) is 0 Å². The molecule has 2 aromatic rings. The number of piperidine rings is 1. The topological polar surface area (TPSA) is 88.4 Å². The lowest BCUT2D eigenvalue weighted by molar-refractivity contribution is -0.131. The van der Waals surface area contributed by atoms with Gasteiger partial charge in [-0.2, -0.15) is 0 Å². The van der Waals surface area contributed by atoms with Crippen LogP contribution in [-0.2, 0) is 11.2 Å². The summed E-state index contributed by atoms with van der Waals surface area (Å²) < 4.78 is 10.3. The molecule has 0 saturated carbocycles. The number of rotatable bonds is 4. The van der Waals surface area contributed by atoms with E-state index in [1.54, 1.807) is 25.3 Å². The molecular weight excluding hydrogens is 334 g/mol. The largest absolute Gasteiger partial charge is 0.496 e. The van der Waals surface area contributed by atoms with E-state index in [9.17, 15) is 9.59 Å². The number of amides is 1. The summed E-state index contributed by atoms with van der Waals surface area (Å²) in [4.78, 5) is 25.4. The number of nitrogens with zero attached hydrogens (tertiary/aromatic N) is 2. The second-order valence-corrected chi connectivity index (χ2v) is 6.18. The van der Waals surface area contributed by atoms with Gasteiger partial charge in [0.15, 0.2) is 0 Å². The SMILES string of the molecule is COc1ccc(Cl)cc1CC(=O)N1CCC(c2n[nH]c(=O)o2)CC1. The number of benzene rings is 1. The molecule has 0 aliphatic carbocycles. The summed E-state index contributed by atoms with van der Waals surface area (Å²) in [6.45, 7) is 1.20. The molecule has 0 spiro atoms. The molecule has 0 atom stereocenters. The van der Waals surface area contributed by atoms with E-state index in [4.69, 9.17) is 20.8 Å². The fourth-order valence-corrected chi connectivity index (χ4v) is 3.15. The minimum absolute atomic E-state index is 0.0255. The van der Waals surface area contributed by atoms with Crippen LogP contribution in [0.5, 0.6) is 5.75 Å². The molecule has 0 unspecified atom stereocenters. The Labute approximate surface area is 143 Å². The molecule has 1 aliphatic heterocycles. The summed E-state index contributed by atoms with van der Waals surface area (Å²) in [6.07, 6.45) is 1.67. The molecule has 128 valence electrons. The molecule has 24 heavy (non-hydrogen) atoms. The number of nitrogens with one attached hydrogen (secondary N) is 1. The van der Waals surface area contributed by atoms with Crippen molar-refractivity contribution in [1.82, 2.24) is 15.1 Å². The van der Waals surface area contributed by atoms with E-state index < -0.39 is 5.76 Å². The Hall–Kier alpha value is -2.28. The lowest BCUT2D eigenvalue weighted by Crippen LogP contribution is -2.38. The number of aromatic amines is 1. The molecule has 1 saturated heterocycles. The monoisotopic (exact) mass is 351 g/mol. The summed E-state index contributed by atoms with van der Waals surface area (Å²) in [6, 6.07) is 5.25. The van der Waals surface area contributed by atoms with Gasteiger partial charge in [0.05, 0.1) is 13.5 Å². The predicted molar refractivity (Wildman–Crippen MR) is 87.4 cm³/mol. The van der Waals surface area contributed by atoms with Crippen molar-refractivity contribution in [1.29, 1.82) is 0 Å². The van der Waals surface area contributed by atoms with Crippen LogP contribution in [0.2, 0.25) is 5.02 Å². The number of halogens is 1. The summed E-state index contributed by atoms with van der Waals surface area (Å²) >= 11 is 6.01. The zero-order valence-electron chi connectivity index (χ0n) is 13.3. The van der Waals surface area contributed by atoms with Crippen LogP contribution < -0.4 is 10.5 Å². The van der Waals surface area contributed by atoms with Crippen molar-refractivity contribution in [2.75, 3.05) is 20.2 Å². The fourth-order valence-electron chi connectivity index (χ4n) is 2.95. The minimum atomic E-state index is -0.545. The van der Waals surface area contributed by atoms with Crippen molar-refractivity contribution in [2.24, 2.45) is 0 Å². The molecule has 1 aromatic heterocycles. The Morgan fingerprint density at radius 3 is 2.83 bits per heavy atom. The summed E-state index contributed by atoms with van der Waals surface area (Å²) in [5.74, 6) is 0.618. The molecule has 3 rings (SSSR count). The first-order valence-corrected chi connectivity index (χ1v) is 8.10. The Bertz CT molecular complexity index is 778. The van der Waals surface area contributed by atoms with E-state index in [0.29, 0.717) is 42.6 Å². The maximum Gasteiger partial charge on any atom is 0.434 e. The number of carbonyl (C=O) groups is 1. The maximum atomic E-state index is 12.5. The van der Waals surface area contributed by atoms with Crippen LogP contribution in [0.4, 0.5) is 0 Å². The van der Waals surface area contributed by atoms with Crippen LogP contribution in [0.25, 0.3) is 0 Å². The van der Waals surface area contributed by atoms with E-state index in [1.807, 2.05) is 4.90 Å². The van der Waals surface area contributed by atoms with Gasteiger partial charge < -0.3 is 14.1 Å². The molecule has 8 heteroatoms. The molecule has 1 aliphatic rings. The number of hydrogen-bond donors (Lipinski definition) is 1. The number of H-pyrrole nitrogens is 1. The van der Waals surface area contributed by atoms with Crippen LogP contribution in [0, 0.1) is 0 Å². The minimum Gasteiger partial charge on any atom is -0.496 e. The van der Waals surface area contributed by atoms with E-state index in [2.05, 4.69) is 10.2 Å². The lowest BCUT2D eigenvalue weighted by Gasteiger charge is -2.30. The highest BCUT2D eigenvalue weighted by atomic mass is 35.5. The van der Waals surface area contributed by atoms with E-state index in [0.717, 1.165) is 5.56 Å². The van der Waals surface area contributed by atoms with Crippen LogP contribution in [0.3, 0.4) is 0 Å². The molecule has 1 amide bonds. The third kappa shape index (κ3) is 3.62. The average Bonchev–Trinajstić information content (AvgIpc) is 3.02. The molecule has 1 fully saturated rings. The van der Waals surface area contributed by atoms with Gasteiger partial charge in [-0.05, 0) is 31.0 Å². The van der Waals surface area contributed by atoms with Gasteiger partial charge in [0, 0.05) is 29.6 Å². The fraction of sp³-hybridized carbons (Fsp3) is 0.438. The second-order valence-electron chi connectivity index (χ2n) is 5.74. The number of methoxy groups -OCH3 is 1. The molecule has 1 aromatic carbocycles. The number of hydrogen-bond acceptors (Lipinski definition) is 5. The van der Waals surface area contributed by atoms with Crippen molar-refractivity contribution < 1.29 is 13.9 Å². The van der Waals surface area contributed by atoms with Crippen LogP contribution in [0.15, 0.2) is 27.4 Å². The first kappa shape index (κ1) is 16.6. The van der Waals surface area contributed by atoms with E-state index >= 15 is 0 Å². The third-order valence-corrected chi connectivity index (χ3v) is 4.47. The van der Waals surface area contributed by atoms with Gasteiger partial charge in [0.2, 0.25) is 11.8 Å². The summed E-state index contributed by atoms with van der Waals surface area (Å²) in [5.41, 5.74) is 0.774. The molecule has 0 radical (unpaired) electrons. The third-order valence-electron chi connectivity index (χ3n) is 4.24. The van der Waals surface area contributed by atoms with Crippen LogP contribution >= 0.6 is 11.6 Å². The molecular formula is C16H18ClN3O4. The van der Waals surface area contributed by atoms with Crippen molar-refractivity contribution in [3.05, 3.63) is 45.2 Å². The second kappa shape index (κ2) is 7.09. The van der Waals surface area contributed by atoms with Gasteiger partial charge in [0.25, 0.3) is 0 Å². The van der Waals surface area contributed by atoms with Crippen molar-refractivity contribution in [3.8, 4) is 5.75 Å². The first-order chi connectivity index (χ1) is 11.6. The Morgan fingerprint density at radius 1 is 1.46 bits per heavy atom. The zero-order valence-corrected chi connectivity index (χ0v) is 14.0. The molecule has 7 nitrogen and oxygen atoms in total. The number of aromatic nitrogens is 2. The molecule has 1 N–H and O–H groups in total. The van der Waals surface area contributed by atoms with Crippen LogP contribution in [-0.4, -0.2) is 41.2 Å². The molecule has 0 bridgehead atoms. The number of ether oxygens (including phenoxy) is 1. The lowest BCUT2D eigenvalue weighted by atomic mass is 9.96. The van der Waals surface area contributed by atoms with Crippen molar-refractivity contribution in [2.45, 2.75) is 25.2 Å². The Balaban J connectivity index is 1.61. The van der Waals surface area contributed by atoms with Crippen LogP contribution in [0.1, 0.15) is 30.2 Å². The van der Waals surface area contributed by atoms with Gasteiger partial charge in [-0.25, -0.2) is 9.89 Å².